The largest absolute Gasteiger partial charge is 0.512 e. The first-order valence-electron chi connectivity index (χ1n) is 8.27. The molecule has 0 bridgehead atoms. The van der Waals surface area contributed by atoms with E-state index >= 15 is 0 Å². The third-order valence-corrected chi connectivity index (χ3v) is 3.55. The van der Waals surface area contributed by atoms with Gasteiger partial charge >= 0.3 is 0 Å². The second-order valence-electron chi connectivity index (χ2n) is 7.58. The van der Waals surface area contributed by atoms with Gasteiger partial charge in [0.05, 0.1) is 0 Å². The first kappa shape index (κ1) is 20.1. The second-order valence-corrected chi connectivity index (χ2v) is 7.58. The van der Waals surface area contributed by atoms with E-state index in [1.807, 2.05) is 60.6 Å². The molecule has 0 fully saturated rings. The molecular formula is C20H30O4. The SMILES string of the molecule is Cc1cc(CCC=O)cc(C)c1OC(C)(C)/C(=C\O)OC(C)(C)C. The minimum Gasteiger partial charge on any atom is -0.512 e. The molecule has 0 aliphatic heterocycles. The van der Waals surface area contributed by atoms with Crippen LogP contribution in [0, 0.1) is 13.8 Å². The number of hydrogen-bond donors (Lipinski definition) is 1. The number of carbonyl (C=O) groups excluding carboxylic acids is 1. The number of hydrogen-bond acceptors (Lipinski definition) is 4. The smallest absolute Gasteiger partial charge is 0.174 e. The van der Waals surface area contributed by atoms with Crippen molar-refractivity contribution in [1.29, 1.82) is 0 Å². The number of benzene rings is 1. The number of carbonyl (C=O) groups is 1. The lowest BCUT2D eigenvalue weighted by atomic mass is 10.0. The van der Waals surface area contributed by atoms with Gasteiger partial charge in [-0.15, -0.1) is 0 Å². The van der Waals surface area contributed by atoms with E-state index in [0.29, 0.717) is 12.2 Å². The highest BCUT2D eigenvalue weighted by atomic mass is 16.6. The third kappa shape index (κ3) is 5.59. The summed E-state index contributed by atoms with van der Waals surface area (Å²) in [5.74, 6) is 1.14. The van der Waals surface area contributed by atoms with Gasteiger partial charge in [0.15, 0.2) is 11.4 Å². The molecule has 24 heavy (non-hydrogen) atoms. The summed E-state index contributed by atoms with van der Waals surface area (Å²) in [6.45, 7) is 13.5. The van der Waals surface area contributed by atoms with Gasteiger partial charge in [-0.2, -0.15) is 0 Å². The van der Waals surface area contributed by atoms with E-state index < -0.39 is 11.2 Å². The van der Waals surface area contributed by atoms with Crippen molar-refractivity contribution in [3.05, 3.63) is 40.8 Å². The van der Waals surface area contributed by atoms with Crippen LogP contribution >= 0.6 is 0 Å². The zero-order valence-electron chi connectivity index (χ0n) is 15.9. The third-order valence-electron chi connectivity index (χ3n) is 3.55. The van der Waals surface area contributed by atoms with E-state index in [4.69, 9.17) is 9.47 Å². The van der Waals surface area contributed by atoms with Crippen molar-refractivity contribution in [3.8, 4) is 5.75 Å². The maximum absolute atomic E-state index is 10.6. The molecule has 1 N–H and O–H groups in total. The van der Waals surface area contributed by atoms with E-state index in [9.17, 15) is 9.90 Å². The Bertz CT molecular complexity index is 584. The van der Waals surface area contributed by atoms with Crippen LogP contribution < -0.4 is 4.74 Å². The summed E-state index contributed by atoms with van der Waals surface area (Å²) in [7, 11) is 0. The average Bonchev–Trinajstić information content (AvgIpc) is 2.45. The lowest BCUT2D eigenvalue weighted by Gasteiger charge is -2.34. The highest BCUT2D eigenvalue weighted by Gasteiger charge is 2.32. The maximum atomic E-state index is 10.6. The van der Waals surface area contributed by atoms with Crippen molar-refractivity contribution in [3.63, 3.8) is 0 Å². The number of aliphatic hydroxyl groups is 1. The zero-order valence-corrected chi connectivity index (χ0v) is 15.9. The van der Waals surface area contributed by atoms with Crippen molar-refractivity contribution in [2.24, 2.45) is 0 Å². The fourth-order valence-electron chi connectivity index (χ4n) is 2.51. The van der Waals surface area contributed by atoms with Gasteiger partial charge in [0.2, 0.25) is 0 Å². The number of ether oxygens (including phenoxy) is 2. The molecule has 1 rings (SSSR count). The van der Waals surface area contributed by atoms with Crippen LogP contribution in [0.15, 0.2) is 24.2 Å². The molecule has 0 saturated carbocycles. The van der Waals surface area contributed by atoms with Gasteiger partial charge in [0.1, 0.15) is 23.9 Å². The van der Waals surface area contributed by atoms with Crippen LogP contribution in [0.3, 0.4) is 0 Å². The van der Waals surface area contributed by atoms with E-state index in [1.54, 1.807) is 0 Å². The first-order chi connectivity index (χ1) is 11.0. The minimum absolute atomic E-state index is 0.374. The van der Waals surface area contributed by atoms with Crippen LogP contribution in [0.5, 0.6) is 5.75 Å². The second kappa shape index (κ2) is 7.73. The Labute approximate surface area is 145 Å². The minimum atomic E-state index is -0.818. The summed E-state index contributed by atoms with van der Waals surface area (Å²) >= 11 is 0. The molecule has 0 amide bonds. The molecule has 1 aromatic carbocycles. The van der Waals surface area contributed by atoms with Crippen LogP contribution in [-0.4, -0.2) is 22.6 Å². The first-order valence-corrected chi connectivity index (χ1v) is 8.27. The summed E-state index contributed by atoms with van der Waals surface area (Å²) < 4.78 is 12.0. The summed E-state index contributed by atoms with van der Waals surface area (Å²) in [6.07, 6.45) is 3.14. The molecule has 134 valence electrons. The van der Waals surface area contributed by atoms with E-state index in [1.165, 1.54) is 0 Å². The lowest BCUT2D eigenvalue weighted by Crippen LogP contribution is -2.36. The predicted molar refractivity (Wildman–Crippen MR) is 96.6 cm³/mol. The molecule has 0 atom stereocenters. The molecule has 0 aliphatic rings. The van der Waals surface area contributed by atoms with Gasteiger partial charge in [-0.1, -0.05) is 12.1 Å². The van der Waals surface area contributed by atoms with E-state index in [2.05, 4.69) is 0 Å². The Kier molecular flexibility index (Phi) is 6.47. The highest BCUT2D eigenvalue weighted by molar-refractivity contribution is 5.51. The fraction of sp³-hybridized carbons (Fsp3) is 0.550. The molecule has 0 spiro atoms. The molecular weight excluding hydrogens is 304 g/mol. The number of aldehydes is 1. The fourth-order valence-corrected chi connectivity index (χ4v) is 2.51. The molecule has 0 aromatic heterocycles. The van der Waals surface area contributed by atoms with Gasteiger partial charge in [-0.25, -0.2) is 0 Å². The Morgan fingerprint density at radius 1 is 1.12 bits per heavy atom. The highest BCUT2D eigenvalue weighted by Crippen LogP contribution is 2.33. The van der Waals surface area contributed by atoms with Crippen LogP contribution in [0.2, 0.25) is 0 Å². The van der Waals surface area contributed by atoms with Gasteiger partial charge < -0.3 is 19.4 Å². The van der Waals surface area contributed by atoms with Crippen molar-refractivity contribution in [2.45, 2.75) is 72.5 Å². The summed E-state index contributed by atoms with van der Waals surface area (Å²) in [5.41, 5.74) is 1.86. The van der Waals surface area contributed by atoms with Gasteiger partial charge in [0, 0.05) is 6.42 Å². The Morgan fingerprint density at radius 2 is 1.67 bits per heavy atom. The standard InChI is InChI=1S/C20H30O4/c1-14-11-16(9-8-10-21)12-15(2)18(14)24-20(6,7)17(13-22)23-19(3,4)5/h10-13,22H,8-9H2,1-7H3/b17-13+. The molecule has 0 saturated heterocycles. The van der Waals surface area contributed by atoms with Crippen LogP contribution in [0.25, 0.3) is 0 Å². The molecule has 0 radical (unpaired) electrons. The van der Waals surface area contributed by atoms with Gasteiger partial charge in [-0.3, -0.25) is 0 Å². The van der Waals surface area contributed by atoms with Crippen molar-refractivity contribution >= 4 is 6.29 Å². The maximum Gasteiger partial charge on any atom is 0.174 e. The Balaban J connectivity index is 3.08. The van der Waals surface area contributed by atoms with Crippen molar-refractivity contribution in [2.75, 3.05) is 0 Å². The summed E-state index contributed by atoms with van der Waals surface area (Å²) in [4.78, 5) is 10.6. The van der Waals surface area contributed by atoms with E-state index in [0.717, 1.165) is 41.4 Å². The zero-order chi connectivity index (χ0) is 18.5. The van der Waals surface area contributed by atoms with Crippen molar-refractivity contribution in [1.82, 2.24) is 0 Å². The van der Waals surface area contributed by atoms with E-state index in [-0.39, 0.29) is 0 Å². The predicted octanol–water partition coefficient (Wildman–Crippen LogP) is 4.81. The monoisotopic (exact) mass is 334 g/mol. The molecule has 0 aliphatic carbocycles. The number of rotatable bonds is 7. The number of aliphatic hydroxyl groups excluding tert-OH is 1. The molecule has 0 heterocycles. The Hall–Kier alpha value is -1.97. The topological polar surface area (TPSA) is 55.8 Å². The van der Waals surface area contributed by atoms with Gasteiger partial charge in [0.25, 0.3) is 0 Å². The van der Waals surface area contributed by atoms with Gasteiger partial charge in [-0.05, 0) is 71.6 Å². The molecule has 1 aromatic rings. The number of aryl methyl sites for hydroxylation is 3. The van der Waals surface area contributed by atoms with Crippen LogP contribution in [-0.2, 0) is 16.0 Å². The average molecular weight is 334 g/mol. The molecule has 4 heteroatoms. The quantitative estimate of drug-likeness (QED) is 0.574. The van der Waals surface area contributed by atoms with Crippen LogP contribution in [0.4, 0.5) is 0 Å². The van der Waals surface area contributed by atoms with Crippen LogP contribution in [0.1, 0.15) is 57.7 Å². The van der Waals surface area contributed by atoms with Crippen molar-refractivity contribution < 1.29 is 19.4 Å². The Morgan fingerprint density at radius 3 is 2.08 bits per heavy atom. The lowest BCUT2D eigenvalue weighted by molar-refractivity contribution is -0.107. The summed E-state index contributed by atoms with van der Waals surface area (Å²) in [6, 6.07) is 4.07. The molecule has 0 unspecified atom stereocenters. The normalized spacial score (nSPS) is 12.9. The molecule has 4 nitrogen and oxygen atoms in total. The summed E-state index contributed by atoms with van der Waals surface area (Å²) in [5, 5.41) is 9.58.